The first kappa shape index (κ1) is 18.1. The van der Waals surface area contributed by atoms with Crippen LogP contribution in [0.2, 0.25) is 0 Å². The average molecular weight is 342 g/mol. The normalized spacial score (nSPS) is 23.5. The summed E-state index contributed by atoms with van der Waals surface area (Å²) < 4.78 is 23.5. The average Bonchev–Trinajstić information content (AvgIpc) is 2.68. The third-order valence-electron chi connectivity index (χ3n) is 4.38. The van der Waals surface area contributed by atoms with Crippen molar-refractivity contribution >= 4 is 0 Å². The second kappa shape index (κ2) is 9.11. The van der Waals surface area contributed by atoms with Crippen LogP contribution in [0.25, 0.3) is 0 Å². The predicted octanol–water partition coefficient (Wildman–Crippen LogP) is 4.29. The molecule has 1 aliphatic heterocycles. The van der Waals surface area contributed by atoms with E-state index >= 15 is 0 Å². The summed E-state index contributed by atoms with van der Waals surface area (Å²) in [6.45, 7) is 1.59. The number of methoxy groups -OCH3 is 1. The molecule has 0 radical (unpaired) electrons. The number of hydrogen-bond donors (Lipinski definition) is 0. The Hall–Kier alpha value is -1.72. The number of benzene rings is 2. The predicted molar refractivity (Wildman–Crippen MR) is 95.8 cm³/mol. The van der Waals surface area contributed by atoms with Crippen LogP contribution in [0.15, 0.2) is 60.7 Å². The Morgan fingerprint density at radius 1 is 0.960 bits per heavy atom. The van der Waals surface area contributed by atoms with Gasteiger partial charge in [0.2, 0.25) is 0 Å². The summed E-state index contributed by atoms with van der Waals surface area (Å²) in [5.74, 6) is -0.977. The molecule has 1 saturated heterocycles. The van der Waals surface area contributed by atoms with Gasteiger partial charge < -0.3 is 18.9 Å². The third-order valence-corrected chi connectivity index (χ3v) is 4.38. The third kappa shape index (κ3) is 5.38. The van der Waals surface area contributed by atoms with Crippen LogP contribution in [0.5, 0.6) is 0 Å². The zero-order valence-corrected chi connectivity index (χ0v) is 14.7. The van der Waals surface area contributed by atoms with Gasteiger partial charge in [-0.2, -0.15) is 0 Å². The molecule has 4 heteroatoms. The summed E-state index contributed by atoms with van der Waals surface area (Å²) in [6.07, 6.45) is 2.65. The Balaban J connectivity index is 1.49. The SMILES string of the molecule is COC1(OCc2ccccc2)CCCC(COCc2ccccc2)O1. The number of hydrogen-bond acceptors (Lipinski definition) is 4. The highest BCUT2D eigenvalue weighted by atomic mass is 16.9. The molecular formula is C21H26O4. The highest BCUT2D eigenvalue weighted by molar-refractivity contribution is 5.14. The molecule has 1 fully saturated rings. The van der Waals surface area contributed by atoms with Crippen LogP contribution in [0.1, 0.15) is 30.4 Å². The van der Waals surface area contributed by atoms with Crippen LogP contribution < -0.4 is 0 Å². The first-order valence-corrected chi connectivity index (χ1v) is 8.82. The zero-order valence-electron chi connectivity index (χ0n) is 14.7. The van der Waals surface area contributed by atoms with Gasteiger partial charge in [-0.05, 0) is 24.0 Å². The molecule has 0 spiro atoms. The van der Waals surface area contributed by atoms with E-state index in [9.17, 15) is 0 Å². The summed E-state index contributed by atoms with van der Waals surface area (Å²) >= 11 is 0. The molecule has 134 valence electrons. The smallest absolute Gasteiger partial charge is 0.283 e. The monoisotopic (exact) mass is 342 g/mol. The van der Waals surface area contributed by atoms with E-state index < -0.39 is 5.97 Å². The summed E-state index contributed by atoms with van der Waals surface area (Å²) in [6, 6.07) is 20.2. The van der Waals surface area contributed by atoms with Gasteiger partial charge in [0, 0.05) is 13.5 Å². The quantitative estimate of drug-likeness (QED) is 0.671. The molecule has 25 heavy (non-hydrogen) atoms. The number of rotatable bonds is 8. The summed E-state index contributed by atoms with van der Waals surface area (Å²) in [7, 11) is 1.64. The van der Waals surface area contributed by atoms with Crippen LogP contribution >= 0.6 is 0 Å². The van der Waals surface area contributed by atoms with E-state index in [2.05, 4.69) is 12.1 Å². The Morgan fingerprint density at radius 3 is 2.24 bits per heavy atom. The maximum Gasteiger partial charge on any atom is 0.283 e. The Morgan fingerprint density at radius 2 is 1.60 bits per heavy atom. The lowest BCUT2D eigenvalue weighted by Crippen LogP contribution is -2.46. The minimum atomic E-state index is -0.977. The largest absolute Gasteiger partial charge is 0.374 e. The van der Waals surface area contributed by atoms with Gasteiger partial charge in [-0.1, -0.05) is 60.7 Å². The van der Waals surface area contributed by atoms with E-state index in [0.29, 0.717) is 19.8 Å². The van der Waals surface area contributed by atoms with Crippen LogP contribution in [-0.4, -0.2) is 25.8 Å². The van der Waals surface area contributed by atoms with E-state index in [1.165, 1.54) is 0 Å². The Kier molecular flexibility index (Phi) is 6.59. The van der Waals surface area contributed by atoms with E-state index in [4.69, 9.17) is 18.9 Å². The van der Waals surface area contributed by atoms with Gasteiger partial charge in [-0.3, -0.25) is 0 Å². The molecule has 0 saturated carbocycles. The molecule has 0 aliphatic carbocycles. The van der Waals surface area contributed by atoms with Crippen molar-refractivity contribution in [1.82, 2.24) is 0 Å². The second-order valence-corrected chi connectivity index (χ2v) is 6.29. The fourth-order valence-corrected chi connectivity index (χ4v) is 3.00. The van der Waals surface area contributed by atoms with Gasteiger partial charge in [0.1, 0.15) is 0 Å². The van der Waals surface area contributed by atoms with E-state index in [1.807, 2.05) is 48.5 Å². The molecule has 2 aromatic rings. The molecule has 0 bridgehead atoms. The van der Waals surface area contributed by atoms with E-state index in [0.717, 1.165) is 30.4 Å². The zero-order chi connectivity index (χ0) is 17.4. The highest BCUT2D eigenvalue weighted by Gasteiger charge is 2.39. The topological polar surface area (TPSA) is 36.9 Å². The van der Waals surface area contributed by atoms with E-state index in [-0.39, 0.29) is 6.10 Å². The molecule has 2 unspecified atom stereocenters. The maximum absolute atomic E-state index is 6.11. The maximum atomic E-state index is 6.11. The van der Waals surface area contributed by atoms with Crippen molar-refractivity contribution in [2.75, 3.05) is 13.7 Å². The lowest BCUT2D eigenvalue weighted by molar-refractivity contribution is -0.406. The minimum Gasteiger partial charge on any atom is -0.374 e. The van der Waals surface area contributed by atoms with Crippen LogP contribution in [0.4, 0.5) is 0 Å². The highest BCUT2D eigenvalue weighted by Crippen LogP contribution is 2.31. The molecule has 0 aromatic heterocycles. The van der Waals surface area contributed by atoms with Crippen molar-refractivity contribution < 1.29 is 18.9 Å². The van der Waals surface area contributed by atoms with Crippen molar-refractivity contribution in [1.29, 1.82) is 0 Å². The molecule has 1 aliphatic rings. The molecule has 3 rings (SSSR count). The number of ether oxygens (including phenoxy) is 4. The van der Waals surface area contributed by atoms with Crippen LogP contribution in [-0.2, 0) is 32.2 Å². The fraction of sp³-hybridized carbons (Fsp3) is 0.429. The summed E-state index contributed by atoms with van der Waals surface area (Å²) in [4.78, 5) is 0. The van der Waals surface area contributed by atoms with Gasteiger partial charge in [-0.25, -0.2) is 0 Å². The van der Waals surface area contributed by atoms with Crippen LogP contribution in [0.3, 0.4) is 0 Å². The van der Waals surface area contributed by atoms with Crippen molar-refractivity contribution in [2.45, 2.75) is 44.6 Å². The molecule has 1 heterocycles. The molecular weight excluding hydrogens is 316 g/mol. The van der Waals surface area contributed by atoms with Crippen molar-refractivity contribution in [2.24, 2.45) is 0 Å². The summed E-state index contributed by atoms with van der Waals surface area (Å²) in [5.41, 5.74) is 2.27. The van der Waals surface area contributed by atoms with Gasteiger partial charge in [-0.15, -0.1) is 0 Å². The Bertz CT molecular complexity index is 616. The van der Waals surface area contributed by atoms with Crippen molar-refractivity contribution in [3.63, 3.8) is 0 Å². The van der Waals surface area contributed by atoms with Gasteiger partial charge in [0.05, 0.1) is 25.9 Å². The van der Waals surface area contributed by atoms with Crippen molar-refractivity contribution in [3.8, 4) is 0 Å². The van der Waals surface area contributed by atoms with Gasteiger partial charge >= 0.3 is 0 Å². The molecule has 2 aromatic carbocycles. The second-order valence-electron chi connectivity index (χ2n) is 6.29. The van der Waals surface area contributed by atoms with Crippen LogP contribution in [0, 0.1) is 0 Å². The first-order chi connectivity index (χ1) is 12.3. The minimum absolute atomic E-state index is 0.0202. The molecule has 4 nitrogen and oxygen atoms in total. The van der Waals surface area contributed by atoms with E-state index in [1.54, 1.807) is 7.11 Å². The Labute approximate surface area is 149 Å². The van der Waals surface area contributed by atoms with Gasteiger partial charge in [0.15, 0.2) is 0 Å². The standard InChI is InChI=1S/C21H26O4/c1-22-21(24-16-19-11-6-3-7-12-19)14-8-13-20(25-21)17-23-15-18-9-4-2-5-10-18/h2-7,9-12,20H,8,13-17H2,1H3. The molecule has 0 N–H and O–H groups in total. The summed E-state index contributed by atoms with van der Waals surface area (Å²) in [5, 5.41) is 0. The lowest BCUT2D eigenvalue weighted by Gasteiger charge is -2.39. The van der Waals surface area contributed by atoms with Gasteiger partial charge in [0.25, 0.3) is 5.97 Å². The molecule has 2 atom stereocenters. The first-order valence-electron chi connectivity index (χ1n) is 8.82. The molecule has 0 amide bonds. The fourth-order valence-electron chi connectivity index (χ4n) is 3.00. The lowest BCUT2D eigenvalue weighted by atomic mass is 10.1. The van der Waals surface area contributed by atoms with Crippen molar-refractivity contribution in [3.05, 3.63) is 71.8 Å².